The fourth-order valence-corrected chi connectivity index (χ4v) is 0. The molecule has 0 aromatic carbocycles. The van der Waals surface area contributed by atoms with Crippen LogP contribution in [0.3, 0.4) is 0 Å². The van der Waals surface area contributed by atoms with Crippen LogP contribution in [0.2, 0.25) is 0 Å². The van der Waals surface area contributed by atoms with Gasteiger partial charge in [-0.15, -0.1) is 0 Å². The van der Waals surface area contributed by atoms with E-state index in [2.05, 4.69) is 0 Å². The van der Waals surface area contributed by atoms with Gasteiger partial charge >= 0.3 is 46.9 Å². The third-order valence-corrected chi connectivity index (χ3v) is 0. The SMILES string of the molecule is O=[Si](O)O.[CaH2].[Ti]. The average molecular weight is 168 g/mol. The van der Waals surface area contributed by atoms with Crippen LogP contribution < -0.4 is 0 Å². The molecule has 3 nitrogen and oxygen atoms in total. The summed E-state index contributed by atoms with van der Waals surface area (Å²) in [6.07, 6.45) is 0. The van der Waals surface area contributed by atoms with Gasteiger partial charge in [0.2, 0.25) is 0 Å². The topological polar surface area (TPSA) is 57.5 Å². The Kier molecular flexibility index (Phi) is 25.5. The van der Waals surface area contributed by atoms with Gasteiger partial charge in [-0.3, -0.25) is 4.46 Å². The molecule has 2 N–H and O–H groups in total. The van der Waals surface area contributed by atoms with Gasteiger partial charge in [0.1, 0.15) is 0 Å². The van der Waals surface area contributed by atoms with Gasteiger partial charge in [0.05, 0.1) is 0 Å². The van der Waals surface area contributed by atoms with E-state index in [0.29, 0.717) is 0 Å². The molecular weight excluding hydrogens is 164 g/mol. The number of hydrogen-bond donors (Lipinski definition) is 2. The van der Waals surface area contributed by atoms with E-state index < -0.39 is 9.17 Å². The smallest absolute Gasteiger partial charge is 0 e. The molecule has 0 amide bonds. The first-order chi connectivity index (χ1) is 1.73. The molecule has 0 radical (unpaired) electrons. The van der Waals surface area contributed by atoms with Gasteiger partial charge in [-0.1, -0.05) is 0 Å². The maximum Gasteiger partial charge on any atom is 0 e. The zero-order valence-electron chi connectivity index (χ0n) is 2.30. The predicted molar refractivity (Wildman–Crippen MR) is 19.4 cm³/mol. The van der Waals surface area contributed by atoms with Crippen LogP contribution >= 0.6 is 0 Å². The van der Waals surface area contributed by atoms with Crippen molar-refractivity contribution < 1.29 is 35.8 Å². The van der Waals surface area contributed by atoms with E-state index >= 15 is 0 Å². The average Bonchev–Trinajstić information content (AvgIpc) is 0.811. The van der Waals surface area contributed by atoms with Gasteiger partial charge in [-0.2, -0.15) is 0 Å². The van der Waals surface area contributed by atoms with Crippen molar-refractivity contribution in [2.75, 3.05) is 0 Å². The molecule has 0 aromatic rings. The van der Waals surface area contributed by atoms with E-state index in [9.17, 15) is 0 Å². The Labute approximate surface area is 81.5 Å². The van der Waals surface area contributed by atoms with Crippen molar-refractivity contribution in [3.05, 3.63) is 0 Å². The van der Waals surface area contributed by atoms with Gasteiger partial charge in [0.15, 0.2) is 0 Å². The van der Waals surface area contributed by atoms with Gasteiger partial charge in [0.25, 0.3) is 0 Å². The summed E-state index contributed by atoms with van der Waals surface area (Å²) in [5, 5.41) is 0. The first-order valence-corrected chi connectivity index (χ1v) is 1.95. The second-order valence-corrected chi connectivity index (χ2v) is 0.848. The molecule has 0 spiro atoms. The summed E-state index contributed by atoms with van der Waals surface area (Å²) in [6, 6.07) is 0. The molecule has 0 aliphatic heterocycles. The summed E-state index contributed by atoms with van der Waals surface area (Å²) in [5.41, 5.74) is 0. The maximum absolute atomic E-state index is 8.74. The zero-order valence-corrected chi connectivity index (χ0v) is 4.86. The molecule has 0 fully saturated rings. The van der Waals surface area contributed by atoms with Crippen LogP contribution in [0.15, 0.2) is 0 Å². The van der Waals surface area contributed by atoms with Crippen molar-refractivity contribution in [1.29, 1.82) is 0 Å². The van der Waals surface area contributed by atoms with Gasteiger partial charge in [-0.25, -0.2) is 0 Å². The molecule has 0 aliphatic carbocycles. The van der Waals surface area contributed by atoms with Crippen LogP contribution in [0.25, 0.3) is 0 Å². The molecular formula is H4CaO3SiTi. The summed E-state index contributed by atoms with van der Waals surface area (Å²) in [5.74, 6) is 0. The molecule has 0 atom stereocenters. The molecule has 0 bridgehead atoms. The van der Waals surface area contributed by atoms with E-state index in [0.717, 1.165) is 0 Å². The van der Waals surface area contributed by atoms with Crippen molar-refractivity contribution in [2.45, 2.75) is 0 Å². The monoisotopic (exact) mass is 168 g/mol. The normalized spacial score (nSPS) is 4.00. The van der Waals surface area contributed by atoms with Crippen molar-refractivity contribution >= 4 is 46.9 Å². The Bertz CT molecular complexity index is 33.8. The van der Waals surface area contributed by atoms with Gasteiger partial charge in [-0.05, 0) is 0 Å². The number of rotatable bonds is 0. The Balaban J connectivity index is -0.0000000450. The molecule has 0 saturated heterocycles. The fraction of sp³-hybridized carbons (Fsp3) is 0. The van der Waals surface area contributed by atoms with E-state index in [1.54, 1.807) is 0 Å². The molecule has 6 heteroatoms. The molecule has 0 unspecified atom stereocenters. The molecule has 0 heterocycles. The summed E-state index contributed by atoms with van der Waals surface area (Å²) in [6.45, 7) is 0. The Hall–Kier alpha value is 1.59. The third-order valence-electron chi connectivity index (χ3n) is 0. The van der Waals surface area contributed by atoms with E-state index in [1.807, 2.05) is 0 Å². The van der Waals surface area contributed by atoms with Crippen LogP contribution in [0, 0.1) is 0 Å². The van der Waals surface area contributed by atoms with E-state index in [4.69, 9.17) is 14.1 Å². The van der Waals surface area contributed by atoms with Gasteiger partial charge < -0.3 is 9.59 Å². The second-order valence-electron chi connectivity index (χ2n) is 0.283. The van der Waals surface area contributed by atoms with E-state index in [1.165, 1.54) is 0 Å². The first kappa shape index (κ1) is 15.6. The van der Waals surface area contributed by atoms with Crippen molar-refractivity contribution in [1.82, 2.24) is 0 Å². The quantitative estimate of drug-likeness (QED) is 0.392. The minimum atomic E-state index is -3.13. The predicted octanol–water partition coefficient (Wildman–Crippen LogP) is -2.53. The van der Waals surface area contributed by atoms with Gasteiger partial charge in [0, 0.05) is 21.7 Å². The first-order valence-electron chi connectivity index (χ1n) is 0.651. The summed E-state index contributed by atoms with van der Waals surface area (Å²) < 4.78 is 8.74. The largest absolute Gasteiger partial charge is 0 e. The Morgan fingerprint density at radius 1 is 1.33 bits per heavy atom. The second kappa shape index (κ2) is 9.77. The number of hydrogen-bond acceptors (Lipinski definition) is 1. The van der Waals surface area contributed by atoms with E-state index in [-0.39, 0.29) is 59.5 Å². The minimum absolute atomic E-state index is 0. The van der Waals surface area contributed by atoms with Crippen LogP contribution in [0.1, 0.15) is 0 Å². The molecule has 0 aromatic heterocycles. The Morgan fingerprint density at radius 2 is 1.33 bits per heavy atom. The molecule has 32 valence electrons. The van der Waals surface area contributed by atoms with Crippen LogP contribution in [0.5, 0.6) is 0 Å². The standard InChI is InChI=1S/Ca.H2O3Si.Ti.2H/c;1-4(2)3;;;/h;1-2H;;;. The van der Waals surface area contributed by atoms with Crippen LogP contribution in [0.4, 0.5) is 0 Å². The molecule has 0 rings (SSSR count). The third kappa shape index (κ3) is 46.6. The summed E-state index contributed by atoms with van der Waals surface area (Å²) in [4.78, 5) is 14.3. The zero-order chi connectivity index (χ0) is 3.58. The maximum atomic E-state index is 8.74. The Morgan fingerprint density at radius 3 is 1.33 bits per heavy atom. The molecule has 6 heavy (non-hydrogen) atoms. The van der Waals surface area contributed by atoms with Crippen LogP contribution in [-0.4, -0.2) is 56.5 Å². The molecule has 0 aliphatic rings. The molecule has 0 saturated carbocycles. The minimum Gasteiger partial charge on any atom is 0 e. The fourth-order valence-electron chi connectivity index (χ4n) is 0. The van der Waals surface area contributed by atoms with Crippen molar-refractivity contribution in [3.8, 4) is 0 Å². The van der Waals surface area contributed by atoms with Crippen molar-refractivity contribution in [3.63, 3.8) is 0 Å². The van der Waals surface area contributed by atoms with Crippen LogP contribution in [-0.2, 0) is 26.2 Å². The summed E-state index contributed by atoms with van der Waals surface area (Å²) in [7, 11) is -3.13. The summed E-state index contributed by atoms with van der Waals surface area (Å²) >= 11 is 0. The van der Waals surface area contributed by atoms with Crippen molar-refractivity contribution in [2.24, 2.45) is 0 Å².